The second-order valence-corrected chi connectivity index (χ2v) is 7.19. The number of carbonyl (C=O) groups excluding carboxylic acids is 2. The summed E-state index contributed by atoms with van der Waals surface area (Å²) in [6, 6.07) is 5.68. The van der Waals surface area contributed by atoms with Gasteiger partial charge in [0.1, 0.15) is 16.9 Å². The molecule has 1 heterocycles. The molecule has 0 bridgehead atoms. The van der Waals surface area contributed by atoms with Crippen LogP contribution in [0, 0.1) is 6.92 Å². The Labute approximate surface area is 153 Å². The number of benzene rings is 1. The van der Waals surface area contributed by atoms with Gasteiger partial charge in [-0.25, -0.2) is 4.79 Å². The number of hydrogen-bond donors (Lipinski definition) is 1. The van der Waals surface area contributed by atoms with Gasteiger partial charge in [-0.2, -0.15) is 0 Å². The molecule has 0 atom stereocenters. The number of ether oxygens (including phenoxy) is 1. The van der Waals surface area contributed by atoms with Crippen LogP contribution in [-0.2, 0) is 22.6 Å². The van der Waals surface area contributed by atoms with E-state index in [0.717, 1.165) is 22.1 Å². The summed E-state index contributed by atoms with van der Waals surface area (Å²) in [6.45, 7) is 11.6. The number of carbonyl (C=O) groups is 2. The third kappa shape index (κ3) is 4.65. The lowest BCUT2D eigenvalue weighted by Gasteiger charge is -2.19. The standard InChI is InChI=1S/C20H26N2O4/c1-7-17(23)22(6)12-16-13(2)18-14(9-8-10-15(18)25-16)11-21-19(24)26-20(3,4)5/h7-10H,1,11-12H2,2-6H3,(H,21,24). The maximum atomic E-state index is 11.9. The van der Waals surface area contributed by atoms with Crippen molar-refractivity contribution in [3.63, 3.8) is 0 Å². The molecule has 0 saturated heterocycles. The maximum Gasteiger partial charge on any atom is 0.407 e. The van der Waals surface area contributed by atoms with Crippen molar-refractivity contribution in [3.05, 3.63) is 47.7 Å². The number of nitrogens with zero attached hydrogens (tertiary/aromatic N) is 1. The van der Waals surface area contributed by atoms with Gasteiger partial charge in [-0.1, -0.05) is 18.7 Å². The van der Waals surface area contributed by atoms with E-state index in [-0.39, 0.29) is 5.91 Å². The highest BCUT2D eigenvalue weighted by molar-refractivity contribution is 5.88. The van der Waals surface area contributed by atoms with E-state index in [9.17, 15) is 9.59 Å². The predicted molar refractivity (Wildman–Crippen MR) is 101 cm³/mol. The van der Waals surface area contributed by atoms with Crippen LogP contribution in [0.2, 0.25) is 0 Å². The first-order chi connectivity index (χ1) is 12.1. The van der Waals surface area contributed by atoms with E-state index >= 15 is 0 Å². The number of alkyl carbamates (subject to hydrolysis) is 1. The zero-order chi connectivity index (χ0) is 19.5. The van der Waals surface area contributed by atoms with Crippen LogP contribution in [0.3, 0.4) is 0 Å². The minimum Gasteiger partial charge on any atom is -0.459 e. The van der Waals surface area contributed by atoms with Gasteiger partial charge >= 0.3 is 6.09 Å². The molecule has 0 unspecified atom stereocenters. The molecule has 0 aliphatic rings. The molecule has 0 fully saturated rings. The number of fused-ring (bicyclic) bond motifs is 1. The lowest BCUT2D eigenvalue weighted by molar-refractivity contribution is -0.125. The van der Waals surface area contributed by atoms with E-state index in [1.54, 1.807) is 7.05 Å². The summed E-state index contributed by atoms with van der Waals surface area (Å²) in [5.41, 5.74) is 2.06. The first-order valence-electron chi connectivity index (χ1n) is 8.46. The fraction of sp³-hybridized carbons (Fsp3) is 0.400. The fourth-order valence-electron chi connectivity index (χ4n) is 2.66. The molecule has 6 nitrogen and oxygen atoms in total. The van der Waals surface area contributed by atoms with E-state index in [1.807, 2.05) is 45.9 Å². The lowest BCUT2D eigenvalue weighted by atomic mass is 10.1. The minimum absolute atomic E-state index is 0.170. The van der Waals surface area contributed by atoms with E-state index in [1.165, 1.54) is 11.0 Å². The van der Waals surface area contributed by atoms with Crippen LogP contribution in [0.15, 0.2) is 35.3 Å². The number of nitrogens with one attached hydrogen (secondary N) is 1. The van der Waals surface area contributed by atoms with Gasteiger partial charge in [-0.05, 0) is 45.4 Å². The van der Waals surface area contributed by atoms with Gasteiger partial charge in [0.05, 0.1) is 6.54 Å². The Balaban J connectivity index is 2.22. The fourth-order valence-corrected chi connectivity index (χ4v) is 2.66. The molecule has 26 heavy (non-hydrogen) atoms. The molecule has 0 aliphatic carbocycles. The predicted octanol–water partition coefficient (Wildman–Crippen LogP) is 3.91. The van der Waals surface area contributed by atoms with E-state index in [0.29, 0.717) is 18.8 Å². The van der Waals surface area contributed by atoms with Crippen LogP contribution in [0.1, 0.15) is 37.7 Å². The molecule has 1 aromatic carbocycles. The van der Waals surface area contributed by atoms with Crippen LogP contribution in [0.5, 0.6) is 0 Å². The van der Waals surface area contributed by atoms with Crippen molar-refractivity contribution in [3.8, 4) is 0 Å². The average molecular weight is 358 g/mol. The van der Waals surface area contributed by atoms with Gasteiger partial charge < -0.3 is 19.4 Å². The van der Waals surface area contributed by atoms with Gasteiger partial charge in [-0.3, -0.25) is 4.79 Å². The molecule has 140 valence electrons. The van der Waals surface area contributed by atoms with Crippen molar-refractivity contribution in [2.45, 2.75) is 46.4 Å². The molecule has 2 amide bonds. The van der Waals surface area contributed by atoms with Crippen molar-refractivity contribution < 1.29 is 18.7 Å². The summed E-state index contributed by atoms with van der Waals surface area (Å²) in [7, 11) is 1.70. The van der Waals surface area contributed by atoms with E-state index < -0.39 is 11.7 Å². The second kappa shape index (κ2) is 7.64. The van der Waals surface area contributed by atoms with E-state index in [2.05, 4.69) is 11.9 Å². The Bertz CT molecular complexity index is 830. The summed E-state index contributed by atoms with van der Waals surface area (Å²) in [5.74, 6) is 0.541. The number of likely N-dealkylation sites (N-methyl/N-ethyl adjacent to an activating group) is 1. The van der Waals surface area contributed by atoms with Crippen LogP contribution in [0.25, 0.3) is 11.0 Å². The summed E-state index contributed by atoms with van der Waals surface area (Å²) >= 11 is 0. The quantitative estimate of drug-likeness (QED) is 0.823. The third-order valence-corrected chi connectivity index (χ3v) is 3.89. The first kappa shape index (κ1) is 19.6. The molecule has 1 N–H and O–H groups in total. The van der Waals surface area contributed by atoms with Gasteiger partial charge in [0.25, 0.3) is 0 Å². The van der Waals surface area contributed by atoms with Crippen LogP contribution < -0.4 is 5.32 Å². The highest BCUT2D eigenvalue weighted by atomic mass is 16.6. The molecule has 1 aromatic heterocycles. The van der Waals surface area contributed by atoms with Crippen LogP contribution in [-0.4, -0.2) is 29.5 Å². The molecular weight excluding hydrogens is 332 g/mol. The summed E-state index contributed by atoms with van der Waals surface area (Å²) < 4.78 is 11.2. The van der Waals surface area contributed by atoms with Crippen molar-refractivity contribution in [2.24, 2.45) is 0 Å². The number of amides is 2. The zero-order valence-electron chi connectivity index (χ0n) is 16.0. The third-order valence-electron chi connectivity index (χ3n) is 3.89. The van der Waals surface area contributed by atoms with Crippen molar-refractivity contribution in [2.75, 3.05) is 7.05 Å². The number of aryl methyl sites for hydroxylation is 1. The molecule has 0 aliphatic heterocycles. The summed E-state index contributed by atoms with van der Waals surface area (Å²) in [6.07, 6.45) is 0.806. The lowest BCUT2D eigenvalue weighted by Crippen LogP contribution is -2.32. The minimum atomic E-state index is -0.545. The first-order valence-corrected chi connectivity index (χ1v) is 8.46. The molecule has 0 spiro atoms. The molecule has 0 saturated carbocycles. The smallest absolute Gasteiger partial charge is 0.407 e. The summed E-state index contributed by atoms with van der Waals surface area (Å²) in [4.78, 5) is 25.1. The Morgan fingerprint density at radius 3 is 2.65 bits per heavy atom. The van der Waals surface area contributed by atoms with Crippen molar-refractivity contribution in [1.82, 2.24) is 10.2 Å². The topological polar surface area (TPSA) is 71.8 Å². The van der Waals surface area contributed by atoms with Crippen molar-refractivity contribution >= 4 is 23.0 Å². The molecule has 2 aromatic rings. The van der Waals surface area contributed by atoms with Gasteiger partial charge in [0.15, 0.2) is 0 Å². The number of rotatable bonds is 5. The van der Waals surface area contributed by atoms with E-state index in [4.69, 9.17) is 9.15 Å². The Morgan fingerprint density at radius 1 is 1.35 bits per heavy atom. The van der Waals surface area contributed by atoms with Gasteiger partial charge in [0.2, 0.25) is 5.91 Å². The van der Waals surface area contributed by atoms with Gasteiger partial charge in [-0.15, -0.1) is 0 Å². The molecule has 2 rings (SSSR count). The normalized spacial score (nSPS) is 11.3. The SMILES string of the molecule is C=CC(=O)N(C)Cc1oc2cccc(CNC(=O)OC(C)(C)C)c2c1C. The maximum absolute atomic E-state index is 11.9. The number of hydrogen-bond acceptors (Lipinski definition) is 4. The summed E-state index contributed by atoms with van der Waals surface area (Å²) in [5, 5.41) is 3.71. The Morgan fingerprint density at radius 2 is 2.04 bits per heavy atom. The highest BCUT2D eigenvalue weighted by Crippen LogP contribution is 2.29. The van der Waals surface area contributed by atoms with Crippen molar-refractivity contribution in [1.29, 1.82) is 0 Å². The largest absolute Gasteiger partial charge is 0.459 e. The molecule has 6 heteroatoms. The van der Waals surface area contributed by atoms with Crippen LogP contribution >= 0.6 is 0 Å². The van der Waals surface area contributed by atoms with Gasteiger partial charge in [0, 0.05) is 24.5 Å². The van der Waals surface area contributed by atoms with Crippen LogP contribution in [0.4, 0.5) is 4.79 Å². The highest BCUT2D eigenvalue weighted by Gasteiger charge is 2.19. The second-order valence-electron chi connectivity index (χ2n) is 7.19. The Hall–Kier alpha value is -2.76. The number of furan rings is 1. The molecular formula is C20H26N2O4. The Kier molecular flexibility index (Phi) is 5.75. The average Bonchev–Trinajstić information content (AvgIpc) is 2.87. The molecule has 0 radical (unpaired) electrons. The zero-order valence-corrected chi connectivity index (χ0v) is 16.0. The monoisotopic (exact) mass is 358 g/mol.